The minimum absolute atomic E-state index is 0.0502. The van der Waals surface area contributed by atoms with Crippen molar-refractivity contribution in [2.75, 3.05) is 26.7 Å². The topological polar surface area (TPSA) is 38.5 Å². The van der Waals surface area contributed by atoms with Crippen molar-refractivity contribution < 1.29 is 4.74 Å². The van der Waals surface area contributed by atoms with Gasteiger partial charge in [-0.3, -0.25) is 0 Å². The number of nitrogens with two attached hydrogens (primary N) is 1. The number of benzene rings is 1. The van der Waals surface area contributed by atoms with Crippen molar-refractivity contribution in [3.8, 4) is 5.75 Å². The normalized spacial score (nSPS) is 18.6. The molecule has 1 aliphatic rings. The first-order valence-corrected chi connectivity index (χ1v) is 5.92. The van der Waals surface area contributed by atoms with E-state index in [1.54, 1.807) is 7.11 Å². The number of likely N-dealkylation sites (tertiary alicyclic amines) is 1. The van der Waals surface area contributed by atoms with Gasteiger partial charge in [0, 0.05) is 18.2 Å². The summed E-state index contributed by atoms with van der Waals surface area (Å²) in [5.41, 5.74) is 7.34. The Morgan fingerprint density at radius 3 is 2.69 bits per heavy atom. The van der Waals surface area contributed by atoms with Crippen LogP contribution in [0.5, 0.6) is 5.75 Å². The third-order valence-corrected chi connectivity index (χ3v) is 3.19. The number of nitrogens with zero attached hydrogens (tertiary/aromatic N) is 1. The summed E-state index contributed by atoms with van der Waals surface area (Å²) < 4.78 is 5.33. The lowest BCUT2D eigenvalue weighted by Crippen LogP contribution is -2.30. The van der Waals surface area contributed by atoms with Gasteiger partial charge in [0.05, 0.1) is 7.11 Å². The van der Waals surface area contributed by atoms with Crippen molar-refractivity contribution in [1.82, 2.24) is 4.90 Å². The maximum absolute atomic E-state index is 6.23. The zero-order chi connectivity index (χ0) is 11.4. The number of methoxy groups -OCH3 is 1. The van der Waals surface area contributed by atoms with Crippen LogP contribution in [-0.2, 0) is 0 Å². The van der Waals surface area contributed by atoms with Crippen LogP contribution >= 0.6 is 0 Å². The van der Waals surface area contributed by atoms with Gasteiger partial charge >= 0.3 is 0 Å². The van der Waals surface area contributed by atoms with E-state index in [2.05, 4.69) is 11.0 Å². The predicted octanol–water partition coefficient (Wildman–Crippen LogP) is 1.79. The molecule has 1 aromatic carbocycles. The van der Waals surface area contributed by atoms with Crippen molar-refractivity contribution in [3.05, 3.63) is 29.8 Å². The second kappa shape index (κ2) is 5.32. The van der Waals surface area contributed by atoms with Gasteiger partial charge in [0.1, 0.15) is 5.75 Å². The molecule has 1 saturated heterocycles. The molecule has 3 heteroatoms. The summed E-state index contributed by atoms with van der Waals surface area (Å²) in [6.45, 7) is 3.30. The van der Waals surface area contributed by atoms with Crippen molar-refractivity contribution in [2.45, 2.75) is 18.9 Å². The molecule has 1 aliphatic heterocycles. The van der Waals surface area contributed by atoms with E-state index < -0.39 is 0 Å². The van der Waals surface area contributed by atoms with Crippen molar-refractivity contribution in [3.63, 3.8) is 0 Å². The quantitative estimate of drug-likeness (QED) is 0.840. The van der Waals surface area contributed by atoms with E-state index in [9.17, 15) is 0 Å². The molecule has 3 nitrogen and oxygen atoms in total. The standard InChI is InChI=1S/C13H20N2O/c1-16-13-7-3-2-6-11(13)12(14)10-15-8-4-5-9-15/h2-3,6-7,12H,4-5,8-10,14H2,1H3. The summed E-state index contributed by atoms with van der Waals surface area (Å²) in [5, 5.41) is 0. The number of hydrogen-bond acceptors (Lipinski definition) is 3. The first-order valence-electron chi connectivity index (χ1n) is 5.92. The fourth-order valence-electron chi connectivity index (χ4n) is 2.31. The summed E-state index contributed by atoms with van der Waals surface area (Å²) in [6.07, 6.45) is 2.61. The molecule has 0 spiro atoms. The molecule has 16 heavy (non-hydrogen) atoms. The minimum Gasteiger partial charge on any atom is -0.496 e. The molecule has 0 amide bonds. The Kier molecular flexibility index (Phi) is 3.80. The van der Waals surface area contributed by atoms with Crippen LogP contribution in [0.2, 0.25) is 0 Å². The molecule has 0 radical (unpaired) electrons. The zero-order valence-corrected chi connectivity index (χ0v) is 9.86. The molecule has 0 aromatic heterocycles. The highest BCUT2D eigenvalue weighted by molar-refractivity contribution is 5.35. The summed E-state index contributed by atoms with van der Waals surface area (Å²) in [5.74, 6) is 0.897. The maximum atomic E-state index is 6.23. The van der Waals surface area contributed by atoms with E-state index in [0.29, 0.717) is 0 Å². The lowest BCUT2D eigenvalue weighted by Gasteiger charge is -2.21. The fourth-order valence-corrected chi connectivity index (χ4v) is 2.31. The van der Waals surface area contributed by atoms with E-state index in [1.165, 1.54) is 25.9 Å². The molecule has 2 N–H and O–H groups in total. The second-order valence-electron chi connectivity index (χ2n) is 4.36. The summed E-state index contributed by atoms with van der Waals surface area (Å²) in [7, 11) is 1.70. The molecule has 1 heterocycles. The largest absolute Gasteiger partial charge is 0.496 e. The SMILES string of the molecule is COc1ccccc1C(N)CN1CCCC1. The Morgan fingerprint density at radius 1 is 1.31 bits per heavy atom. The highest BCUT2D eigenvalue weighted by atomic mass is 16.5. The highest BCUT2D eigenvalue weighted by Crippen LogP contribution is 2.24. The molecule has 1 atom stereocenters. The van der Waals surface area contributed by atoms with Crippen molar-refractivity contribution in [2.24, 2.45) is 5.73 Å². The second-order valence-corrected chi connectivity index (χ2v) is 4.36. The van der Waals surface area contributed by atoms with Gasteiger partial charge in [-0.15, -0.1) is 0 Å². The lowest BCUT2D eigenvalue weighted by atomic mass is 10.1. The van der Waals surface area contributed by atoms with Crippen LogP contribution in [0.1, 0.15) is 24.4 Å². The molecular weight excluding hydrogens is 200 g/mol. The molecule has 2 rings (SSSR count). The van der Waals surface area contributed by atoms with Crippen LogP contribution in [0.15, 0.2) is 24.3 Å². The Balaban J connectivity index is 2.04. The highest BCUT2D eigenvalue weighted by Gasteiger charge is 2.17. The third-order valence-electron chi connectivity index (χ3n) is 3.19. The van der Waals surface area contributed by atoms with E-state index in [4.69, 9.17) is 10.5 Å². The number of ether oxygens (including phenoxy) is 1. The molecular formula is C13H20N2O. The third kappa shape index (κ3) is 2.54. The van der Waals surface area contributed by atoms with Gasteiger partial charge in [-0.05, 0) is 32.0 Å². The van der Waals surface area contributed by atoms with Gasteiger partial charge in [0.2, 0.25) is 0 Å². The van der Waals surface area contributed by atoms with Gasteiger partial charge in [-0.1, -0.05) is 18.2 Å². The van der Waals surface area contributed by atoms with Gasteiger partial charge in [-0.25, -0.2) is 0 Å². The Labute approximate surface area is 97.2 Å². The number of para-hydroxylation sites is 1. The minimum atomic E-state index is 0.0502. The van der Waals surface area contributed by atoms with Crippen molar-refractivity contribution >= 4 is 0 Å². The van der Waals surface area contributed by atoms with Gasteiger partial charge in [0.25, 0.3) is 0 Å². The Hall–Kier alpha value is -1.06. The average Bonchev–Trinajstić information content (AvgIpc) is 2.81. The summed E-state index contributed by atoms with van der Waals surface area (Å²) in [4.78, 5) is 2.43. The molecule has 0 aliphatic carbocycles. The van der Waals surface area contributed by atoms with Gasteiger partial charge < -0.3 is 15.4 Å². The van der Waals surface area contributed by atoms with Gasteiger partial charge in [-0.2, -0.15) is 0 Å². The monoisotopic (exact) mass is 220 g/mol. The van der Waals surface area contributed by atoms with Crippen LogP contribution in [-0.4, -0.2) is 31.6 Å². The van der Waals surface area contributed by atoms with Crippen LogP contribution in [0.3, 0.4) is 0 Å². The van der Waals surface area contributed by atoms with Crippen molar-refractivity contribution in [1.29, 1.82) is 0 Å². The average molecular weight is 220 g/mol. The molecule has 1 aromatic rings. The lowest BCUT2D eigenvalue weighted by molar-refractivity contribution is 0.311. The van der Waals surface area contributed by atoms with E-state index in [1.807, 2.05) is 18.2 Å². The first kappa shape index (κ1) is 11.4. The molecule has 0 bridgehead atoms. The van der Waals surface area contributed by atoms with E-state index >= 15 is 0 Å². The van der Waals surface area contributed by atoms with Crippen LogP contribution in [0.4, 0.5) is 0 Å². The predicted molar refractivity (Wildman–Crippen MR) is 65.6 cm³/mol. The molecule has 0 saturated carbocycles. The Morgan fingerprint density at radius 2 is 2.00 bits per heavy atom. The maximum Gasteiger partial charge on any atom is 0.123 e. The van der Waals surface area contributed by atoms with Crippen LogP contribution in [0, 0.1) is 0 Å². The summed E-state index contributed by atoms with van der Waals surface area (Å²) >= 11 is 0. The van der Waals surface area contributed by atoms with Crippen LogP contribution in [0.25, 0.3) is 0 Å². The zero-order valence-electron chi connectivity index (χ0n) is 9.86. The number of rotatable bonds is 4. The molecule has 88 valence electrons. The fraction of sp³-hybridized carbons (Fsp3) is 0.538. The van der Waals surface area contributed by atoms with E-state index in [-0.39, 0.29) is 6.04 Å². The van der Waals surface area contributed by atoms with E-state index in [0.717, 1.165) is 17.9 Å². The Bertz CT molecular complexity index is 334. The van der Waals surface area contributed by atoms with Crippen LogP contribution < -0.4 is 10.5 Å². The molecule has 1 fully saturated rings. The molecule has 1 unspecified atom stereocenters. The van der Waals surface area contributed by atoms with Gasteiger partial charge in [0.15, 0.2) is 0 Å². The smallest absolute Gasteiger partial charge is 0.123 e. The summed E-state index contributed by atoms with van der Waals surface area (Å²) in [6, 6.07) is 8.07. The first-order chi connectivity index (χ1) is 7.81. The number of hydrogen-bond donors (Lipinski definition) is 1.